The van der Waals surface area contributed by atoms with Crippen molar-refractivity contribution in [1.82, 2.24) is 10.6 Å². The number of hydrogen-bond donors (Lipinski definition) is 2. The zero-order valence-electron chi connectivity index (χ0n) is 16.2. The third-order valence-corrected chi connectivity index (χ3v) is 5.36. The third-order valence-electron chi connectivity index (χ3n) is 3.42. The molecule has 0 saturated carbocycles. The van der Waals surface area contributed by atoms with E-state index in [1.807, 2.05) is 20.8 Å². The van der Waals surface area contributed by atoms with Gasteiger partial charge in [0.15, 0.2) is 5.96 Å². The van der Waals surface area contributed by atoms with E-state index in [9.17, 15) is 13.0 Å². The smallest absolute Gasteiger partial charge is 0.387 e. The summed E-state index contributed by atoms with van der Waals surface area (Å²) in [7, 11) is 2.12. The van der Waals surface area contributed by atoms with Crippen molar-refractivity contribution < 1.29 is 22.5 Å². The van der Waals surface area contributed by atoms with Crippen LogP contribution in [0.15, 0.2) is 23.2 Å². The van der Waals surface area contributed by atoms with Crippen LogP contribution >= 0.6 is 24.0 Å². The molecule has 2 N–H and O–H groups in total. The lowest BCUT2D eigenvalue weighted by Gasteiger charge is -2.19. The lowest BCUT2D eigenvalue weighted by Crippen LogP contribution is -2.40. The number of benzene rings is 1. The van der Waals surface area contributed by atoms with Crippen LogP contribution in [0.5, 0.6) is 11.5 Å². The van der Waals surface area contributed by atoms with E-state index < -0.39 is 17.4 Å². The van der Waals surface area contributed by atoms with Crippen molar-refractivity contribution >= 4 is 40.7 Å². The standard InChI is InChI=1S/C17H27F2N3O3S.HI/c1-17(2,3)26(23)9-8-21-16(20-4)22-11-12-10-13(24-5)6-7-14(12)25-15(18)19;/h6-7,10,15H,8-9,11H2,1-5H3,(H2,20,21,22);1H. The topological polar surface area (TPSA) is 72.0 Å². The Bertz CT molecular complexity index is 640. The number of methoxy groups -OCH3 is 1. The second-order valence-corrected chi connectivity index (χ2v) is 8.69. The van der Waals surface area contributed by atoms with Gasteiger partial charge in [-0.05, 0) is 39.0 Å². The number of nitrogens with one attached hydrogen (secondary N) is 2. The third kappa shape index (κ3) is 9.54. The van der Waals surface area contributed by atoms with E-state index in [4.69, 9.17) is 4.74 Å². The Hall–Kier alpha value is -1.17. The Balaban J connectivity index is 0.00000676. The second kappa shape index (κ2) is 12.3. The fraction of sp³-hybridized carbons (Fsp3) is 0.588. The maximum atomic E-state index is 12.5. The molecule has 1 aromatic rings. The SMILES string of the molecule is CN=C(NCCS(=O)C(C)(C)C)NCc1cc(OC)ccc1OC(F)F.I. The summed E-state index contributed by atoms with van der Waals surface area (Å²) in [6, 6.07) is 4.60. The summed E-state index contributed by atoms with van der Waals surface area (Å²) >= 11 is 0. The number of ether oxygens (including phenoxy) is 2. The Morgan fingerprint density at radius 2 is 1.96 bits per heavy atom. The molecule has 10 heteroatoms. The van der Waals surface area contributed by atoms with Crippen molar-refractivity contribution in [2.45, 2.75) is 38.7 Å². The fourth-order valence-corrected chi connectivity index (χ4v) is 2.90. The van der Waals surface area contributed by atoms with E-state index in [1.165, 1.54) is 13.2 Å². The van der Waals surface area contributed by atoms with Gasteiger partial charge in [0.25, 0.3) is 0 Å². The lowest BCUT2D eigenvalue weighted by atomic mass is 10.2. The zero-order valence-corrected chi connectivity index (χ0v) is 19.3. The van der Waals surface area contributed by atoms with E-state index in [0.717, 1.165) is 0 Å². The molecule has 0 aliphatic rings. The highest BCUT2D eigenvalue weighted by atomic mass is 127. The predicted molar refractivity (Wildman–Crippen MR) is 116 cm³/mol. The zero-order chi connectivity index (χ0) is 19.7. The van der Waals surface area contributed by atoms with Gasteiger partial charge in [0.1, 0.15) is 11.5 Å². The van der Waals surface area contributed by atoms with Crippen molar-refractivity contribution in [2.75, 3.05) is 26.5 Å². The summed E-state index contributed by atoms with van der Waals surface area (Å²) in [6.45, 7) is 3.53. The molecule has 1 rings (SSSR count). The Kier molecular flexibility index (Phi) is 11.8. The van der Waals surface area contributed by atoms with Gasteiger partial charge >= 0.3 is 6.61 Å². The molecule has 0 aliphatic heterocycles. The number of halogens is 3. The maximum Gasteiger partial charge on any atom is 0.387 e. The molecule has 0 radical (unpaired) electrons. The van der Waals surface area contributed by atoms with E-state index in [2.05, 4.69) is 20.4 Å². The summed E-state index contributed by atoms with van der Waals surface area (Å²) in [5.74, 6) is 1.55. The Morgan fingerprint density at radius 1 is 1.30 bits per heavy atom. The van der Waals surface area contributed by atoms with Crippen LogP contribution in [0.1, 0.15) is 26.3 Å². The van der Waals surface area contributed by atoms with Crippen LogP contribution in [0.2, 0.25) is 0 Å². The van der Waals surface area contributed by atoms with Gasteiger partial charge < -0.3 is 20.1 Å². The minimum atomic E-state index is -2.91. The number of hydrogen-bond acceptors (Lipinski definition) is 4. The molecule has 0 aromatic heterocycles. The minimum Gasteiger partial charge on any atom is -0.497 e. The number of guanidine groups is 1. The highest BCUT2D eigenvalue weighted by Crippen LogP contribution is 2.25. The molecule has 6 nitrogen and oxygen atoms in total. The molecule has 1 unspecified atom stereocenters. The Morgan fingerprint density at radius 3 is 2.48 bits per heavy atom. The number of rotatable bonds is 8. The van der Waals surface area contributed by atoms with Crippen molar-refractivity contribution in [3.8, 4) is 11.5 Å². The average molecular weight is 519 g/mol. The lowest BCUT2D eigenvalue weighted by molar-refractivity contribution is -0.0504. The van der Waals surface area contributed by atoms with Crippen LogP contribution < -0.4 is 20.1 Å². The highest BCUT2D eigenvalue weighted by Gasteiger charge is 2.18. The van der Waals surface area contributed by atoms with Gasteiger partial charge in [0.05, 0.1) is 7.11 Å². The highest BCUT2D eigenvalue weighted by molar-refractivity contribution is 14.0. The molecule has 0 bridgehead atoms. The first kappa shape index (κ1) is 25.8. The summed E-state index contributed by atoms with van der Waals surface area (Å²) in [5.41, 5.74) is 0.505. The number of aliphatic imine (C=N–C) groups is 1. The molecule has 0 fully saturated rings. The molecule has 0 heterocycles. The molecule has 1 aromatic carbocycles. The average Bonchev–Trinajstić information content (AvgIpc) is 2.57. The summed E-state index contributed by atoms with van der Waals surface area (Å²) in [5, 5.41) is 6.08. The van der Waals surface area contributed by atoms with Crippen LogP contribution in [-0.2, 0) is 17.3 Å². The van der Waals surface area contributed by atoms with Gasteiger partial charge in [-0.25, -0.2) is 0 Å². The molecule has 0 aliphatic carbocycles. The molecule has 156 valence electrons. The molecule has 0 saturated heterocycles. The quantitative estimate of drug-likeness (QED) is 0.314. The van der Waals surface area contributed by atoms with Crippen LogP contribution in [0.25, 0.3) is 0 Å². The van der Waals surface area contributed by atoms with Crippen LogP contribution in [0.4, 0.5) is 8.78 Å². The van der Waals surface area contributed by atoms with Crippen molar-refractivity contribution in [3.05, 3.63) is 23.8 Å². The van der Waals surface area contributed by atoms with Gasteiger partial charge in [-0.15, -0.1) is 24.0 Å². The van der Waals surface area contributed by atoms with E-state index in [0.29, 0.717) is 29.6 Å². The van der Waals surface area contributed by atoms with Crippen LogP contribution in [0.3, 0.4) is 0 Å². The first-order valence-corrected chi connectivity index (χ1v) is 9.44. The number of alkyl halides is 2. The van der Waals surface area contributed by atoms with Crippen molar-refractivity contribution in [3.63, 3.8) is 0 Å². The first-order chi connectivity index (χ1) is 12.2. The second-order valence-electron chi connectivity index (χ2n) is 6.37. The molecule has 0 amide bonds. The Labute approximate surface area is 179 Å². The summed E-state index contributed by atoms with van der Waals surface area (Å²) in [6.07, 6.45) is 0. The molecular formula is C17H28F2IN3O3S. The van der Waals surface area contributed by atoms with Crippen LogP contribution in [0, 0.1) is 0 Å². The van der Waals surface area contributed by atoms with Gasteiger partial charge in [0, 0.05) is 47.0 Å². The van der Waals surface area contributed by atoms with E-state index in [1.54, 1.807) is 19.2 Å². The number of nitrogens with zero attached hydrogens (tertiary/aromatic N) is 1. The molecule has 27 heavy (non-hydrogen) atoms. The maximum absolute atomic E-state index is 12.5. The molecule has 0 spiro atoms. The summed E-state index contributed by atoms with van der Waals surface area (Å²) in [4.78, 5) is 4.07. The van der Waals surface area contributed by atoms with E-state index >= 15 is 0 Å². The van der Waals surface area contributed by atoms with Crippen molar-refractivity contribution in [2.24, 2.45) is 4.99 Å². The van der Waals surface area contributed by atoms with Gasteiger partial charge in [-0.3, -0.25) is 9.20 Å². The predicted octanol–water partition coefficient (Wildman–Crippen LogP) is 3.13. The summed E-state index contributed by atoms with van der Waals surface area (Å²) < 4.78 is 46.5. The van der Waals surface area contributed by atoms with Gasteiger partial charge in [-0.1, -0.05) is 0 Å². The monoisotopic (exact) mass is 519 g/mol. The normalized spacial score (nSPS) is 13.0. The molecule has 1 atom stereocenters. The van der Waals surface area contributed by atoms with E-state index in [-0.39, 0.29) is 41.0 Å². The fourth-order valence-electron chi connectivity index (χ4n) is 2.00. The molecular weight excluding hydrogens is 491 g/mol. The van der Waals surface area contributed by atoms with Crippen LogP contribution in [-0.4, -0.2) is 48.0 Å². The largest absolute Gasteiger partial charge is 0.497 e. The minimum absolute atomic E-state index is 0. The van der Waals surface area contributed by atoms with Gasteiger partial charge in [-0.2, -0.15) is 8.78 Å². The first-order valence-electron chi connectivity index (χ1n) is 8.12. The van der Waals surface area contributed by atoms with Gasteiger partial charge in [0.2, 0.25) is 0 Å². The van der Waals surface area contributed by atoms with Crippen molar-refractivity contribution in [1.29, 1.82) is 0 Å².